The Morgan fingerprint density at radius 3 is 2.68 bits per heavy atom. The van der Waals surface area contributed by atoms with Crippen molar-refractivity contribution in [1.82, 2.24) is 0 Å². The second-order valence-corrected chi connectivity index (χ2v) is 8.60. The minimum Gasteiger partial charge on any atom is -0.326 e. The lowest BCUT2D eigenvalue weighted by atomic mass is 10.0. The number of carbonyl (C=O) groups excluding carboxylic acids is 3. The van der Waals surface area contributed by atoms with Crippen molar-refractivity contribution < 1.29 is 14.4 Å². The number of fused-ring (bicyclic) bond motifs is 1. The largest absolute Gasteiger partial charge is 0.326 e. The van der Waals surface area contributed by atoms with Crippen LogP contribution in [0.3, 0.4) is 0 Å². The van der Waals surface area contributed by atoms with Crippen LogP contribution in [-0.4, -0.2) is 30.8 Å². The highest BCUT2D eigenvalue weighted by molar-refractivity contribution is 6.04. The second-order valence-electron chi connectivity index (χ2n) is 8.60. The molecule has 6 heteroatoms. The Morgan fingerprint density at radius 2 is 1.94 bits per heavy atom. The predicted octanol–water partition coefficient (Wildman–Crippen LogP) is 4.10. The number of hydrogen-bond acceptors (Lipinski definition) is 3. The first-order valence-electron chi connectivity index (χ1n) is 11.0. The van der Waals surface area contributed by atoms with Crippen LogP contribution in [0.1, 0.15) is 50.7 Å². The minimum absolute atomic E-state index is 0.0447. The number of benzene rings is 2. The van der Waals surface area contributed by atoms with Gasteiger partial charge < -0.3 is 15.1 Å². The number of anilines is 3. The zero-order chi connectivity index (χ0) is 22.1. The van der Waals surface area contributed by atoms with Gasteiger partial charge in [-0.05, 0) is 47.7 Å². The van der Waals surface area contributed by atoms with Gasteiger partial charge >= 0.3 is 0 Å². The molecule has 2 aliphatic rings. The smallest absolute Gasteiger partial charge is 0.229 e. The van der Waals surface area contributed by atoms with Crippen molar-refractivity contribution in [2.75, 3.05) is 28.2 Å². The van der Waals surface area contributed by atoms with Gasteiger partial charge in [-0.3, -0.25) is 14.4 Å². The molecule has 2 aromatic rings. The van der Waals surface area contributed by atoms with Crippen LogP contribution < -0.4 is 15.1 Å². The lowest BCUT2D eigenvalue weighted by Crippen LogP contribution is -2.29. The Balaban J connectivity index is 1.48. The van der Waals surface area contributed by atoms with E-state index in [1.807, 2.05) is 54.3 Å². The average molecular weight is 420 g/mol. The Kier molecular flexibility index (Phi) is 5.81. The number of rotatable bonds is 5. The molecule has 162 valence electrons. The van der Waals surface area contributed by atoms with E-state index < -0.39 is 0 Å². The molecule has 1 fully saturated rings. The summed E-state index contributed by atoms with van der Waals surface area (Å²) in [5.41, 5.74) is 4.70. The van der Waals surface area contributed by atoms with E-state index in [1.165, 1.54) is 0 Å². The Hall–Kier alpha value is -3.15. The van der Waals surface area contributed by atoms with E-state index in [4.69, 9.17) is 0 Å². The molecule has 2 aromatic carbocycles. The maximum Gasteiger partial charge on any atom is 0.229 e. The normalized spacial score (nSPS) is 17.9. The van der Waals surface area contributed by atoms with E-state index in [0.29, 0.717) is 25.4 Å². The highest BCUT2D eigenvalue weighted by atomic mass is 16.2. The average Bonchev–Trinajstić information content (AvgIpc) is 3.36. The first-order chi connectivity index (χ1) is 14.9. The molecule has 6 nitrogen and oxygen atoms in total. The van der Waals surface area contributed by atoms with Crippen molar-refractivity contribution in [3.05, 3.63) is 53.6 Å². The molecule has 1 atom stereocenters. The SMILES string of the molecule is CCC(=O)N1CCc2cc(N3C[C@H](C(=O)Nc4ccccc4C(C)C)CC3=O)ccc21. The van der Waals surface area contributed by atoms with Crippen molar-refractivity contribution in [1.29, 1.82) is 0 Å². The van der Waals surface area contributed by atoms with Gasteiger partial charge in [0, 0.05) is 43.0 Å². The number of amides is 3. The van der Waals surface area contributed by atoms with Crippen LogP contribution >= 0.6 is 0 Å². The number of nitrogens with one attached hydrogen (secondary N) is 1. The number of para-hydroxylation sites is 1. The van der Waals surface area contributed by atoms with E-state index in [1.54, 1.807) is 4.90 Å². The molecule has 0 saturated carbocycles. The third-order valence-electron chi connectivity index (χ3n) is 6.21. The summed E-state index contributed by atoms with van der Waals surface area (Å²) >= 11 is 0. The molecule has 0 spiro atoms. The molecule has 3 amide bonds. The van der Waals surface area contributed by atoms with E-state index in [9.17, 15) is 14.4 Å². The van der Waals surface area contributed by atoms with Crippen LogP contribution in [0.2, 0.25) is 0 Å². The van der Waals surface area contributed by atoms with Gasteiger partial charge in [0.1, 0.15) is 0 Å². The Morgan fingerprint density at radius 1 is 1.16 bits per heavy atom. The fourth-order valence-electron chi connectivity index (χ4n) is 4.49. The van der Waals surface area contributed by atoms with E-state index >= 15 is 0 Å². The van der Waals surface area contributed by atoms with Gasteiger partial charge in [0.2, 0.25) is 17.7 Å². The minimum atomic E-state index is -0.390. The lowest BCUT2D eigenvalue weighted by Gasteiger charge is -2.20. The second kappa shape index (κ2) is 8.53. The summed E-state index contributed by atoms with van der Waals surface area (Å²) in [5.74, 6) is -0.147. The van der Waals surface area contributed by atoms with Gasteiger partial charge in [-0.2, -0.15) is 0 Å². The fourth-order valence-corrected chi connectivity index (χ4v) is 4.49. The zero-order valence-electron chi connectivity index (χ0n) is 18.4. The molecule has 31 heavy (non-hydrogen) atoms. The zero-order valence-corrected chi connectivity index (χ0v) is 18.4. The van der Waals surface area contributed by atoms with Crippen molar-refractivity contribution in [3.63, 3.8) is 0 Å². The molecule has 1 N–H and O–H groups in total. The maximum atomic E-state index is 12.9. The molecule has 4 rings (SSSR count). The molecule has 1 saturated heterocycles. The predicted molar refractivity (Wildman–Crippen MR) is 122 cm³/mol. The van der Waals surface area contributed by atoms with E-state index in [0.717, 1.165) is 34.6 Å². The van der Waals surface area contributed by atoms with Crippen LogP contribution in [0.15, 0.2) is 42.5 Å². The fraction of sp³-hybridized carbons (Fsp3) is 0.400. The third-order valence-corrected chi connectivity index (χ3v) is 6.21. The van der Waals surface area contributed by atoms with Crippen molar-refractivity contribution in [2.24, 2.45) is 5.92 Å². The molecule has 0 bridgehead atoms. The van der Waals surface area contributed by atoms with E-state index in [2.05, 4.69) is 19.2 Å². The van der Waals surface area contributed by atoms with Crippen LogP contribution in [-0.2, 0) is 20.8 Å². The number of hydrogen-bond donors (Lipinski definition) is 1. The molecule has 2 aliphatic heterocycles. The first-order valence-corrected chi connectivity index (χ1v) is 11.0. The number of carbonyl (C=O) groups is 3. The first kappa shape index (κ1) is 21.1. The summed E-state index contributed by atoms with van der Waals surface area (Å²) < 4.78 is 0. The summed E-state index contributed by atoms with van der Waals surface area (Å²) in [6, 6.07) is 13.6. The van der Waals surface area contributed by atoms with Crippen molar-refractivity contribution in [3.8, 4) is 0 Å². The summed E-state index contributed by atoms with van der Waals surface area (Å²) in [4.78, 5) is 41.3. The maximum absolute atomic E-state index is 12.9. The van der Waals surface area contributed by atoms with Gasteiger partial charge in [0.05, 0.1) is 5.92 Å². The summed E-state index contributed by atoms with van der Waals surface area (Å²) in [7, 11) is 0. The van der Waals surface area contributed by atoms with Crippen LogP contribution in [0, 0.1) is 5.92 Å². The van der Waals surface area contributed by atoms with Crippen molar-refractivity contribution >= 4 is 34.8 Å². The summed E-state index contributed by atoms with van der Waals surface area (Å²) in [6.07, 6.45) is 1.46. The Bertz CT molecular complexity index is 1030. The third kappa shape index (κ3) is 4.07. The standard InChI is InChI=1S/C25H29N3O3/c1-4-23(29)27-12-11-17-13-19(9-10-22(17)27)28-15-18(14-24(28)30)25(31)26-21-8-6-5-7-20(21)16(2)3/h5-10,13,16,18H,4,11-12,14-15H2,1-3H3,(H,26,31)/t18-/m1/s1. The summed E-state index contributed by atoms with van der Waals surface area (Å²) in [6.45, 7) is 7.09. The van der Waals surface area contributed by atoms with Gasteiger partial charge in [-0.15, -0.1) is 0 Å². The number of nitrogens with zero attached hydrogens (tertiary/aromatic N) is 2. The van der Waals surface area contributed by atoms with Crippen LogP contribution in [0.4, 0.5) is 17.1 Å². The Labute approximate surface area is 183 Å². The van der Waals surface area contributed by atoms with Crippen LogP contribution in [0.5, 0.6) is 0 Å². The highest BCUT2D eigenvalue weighted by Gasteiger charge is 2.36. The van der Waals surface area contributed by atoms with Gasteiger partial charge in [-0.25, -0.2) is 0 Å². The monoisotopic (exact) mass is 419 g/mol. The summed E-state index contributed by atoms with van der Waals surface area (Å²) in [5, 5.41) is 3.03. The molecule has 0 aromatic heterocycles. The topological polar surface area (TPSA) is 69.7 Å². The highest BCUT2D eigenvalue weighted by Crippen LogP contribution is 2.34. The van der Waals surface area contributed by atoms with Gasteiger partial charge in [0.15, 0.2) is 0 Å². The van der Waals surface area contributed by atoms with Gasteiger partial charge in [0.25, 0.3) is 0 Å². The molecule has 0 unspecified atom stereocenters. The quantitative estimate of drug-likeness (QED) is 0.793. The van der Waals surface area contributed by atoms with Gasteiger partial charge in [-0.1, -0.05) is 39.0 Å². The van der Waals surface area contributed by atoms with Crippen LogP contribution in [0.25, 0.3) is 0 Å². The van der Waals surface area contributed by atoms with Crippen molar-refractivity contribution in [2.45, 2.75) is 46.0 Å². The molecule has 2 heterocycles. The lowest BCUT2D eigenvalue weighted by molar-refractivity contribution is -0.122. The molecular weight excluding hydrogens is 390 g/mol. The van der Waals surface area contributed by atoms with E-state index in [-0.39, 0.29) is 30.1 Å². The molecule has 0 aliphatic carbocycles. The molecule has 0 radical (unpaired) electrons. The molecular formula is C25H29N3O3.